The van der Waals surface area contributed by atoms with Gasteiger partial charge in [0.25, 0.3) is 0 Å². The zero-order valence-electron chi connectivity index (χ0n) is 7.71. The van der Waals surface area contributed by atoms with E-state index in [1.165, 1.54) is 0 Å². The Labute approximate surface area is 85.2 Å². The lowest BCUT2D eigenvalue weighted by Crippen LogP contribution is -2.28. The first-order valence-corrected chi connectivity index (χ1v) is 4.72. The van der Waals surface area contributed by atoms with Crippen molar-refractivity contribution in [3.63, 3.8) is 0 Å². The van der Waals surface area contributed by atoms with E-state index in [0.717, 1.165) is 0 Å². The molecule has 3 N–H and O–H groups in total. The minimum Gasteiger partial charge on any atom is -0.477 e. The van der Waals surface area contributed by atoms with E-state index < -0.39 is 11.9 Å². The molecular formula is C10H9NO4. The van der Waals surface area contributed by atoms with Crippen LogP contribution < -0.4 is 5.73 Å². The molecule has 1 fully saturated rings. The van der Waals surface area contributed by atoms with Crippen LogP contribution in [0.15, 0.2) is 23.4 Å². The largest absolute Gasteiger partial charge is 0.477 e. The molecule has 3 aliphatic rings. The van der Waals surface area contributed by atoms with Crippen molar-refractivity contribution in [1.82, 2.24) is 0 Å². The summed E-state index contributed by atoms with van der Waals surface area (Å²) in [6, 6.07) is 0. The van der Waals surface area contributed by atoms with Gasteiger partial charge in [-0.2, -0.15) is 0 Å². The molecule has 0 spiro atoms. The lowest BCUT2D eigenvalue weighted by atomic mass is 9.84. The summed E-state index contributed by atoms with van der Waals surface area (Å²) in [5.41, 5.74) is 5.64. The molecule has 0 aromatic rings. The number of aliphatic carboxylic acids is 1. The zero-order valence-corrected chi connectivity index (χ0v) is 7.71. The van der Waals surface area contributed by atoms with Crippen molar-refractivity contribution in [1.29, 1.82) is 0 Å². The van der Waals surface area contributed by atoms with E-state index in [1.807, 2.05) is 12.2 Å². The lowest BCUT2D eigenvalue weighted by molar-refractivity contribution is -0.135. The van der Waals surface area contributed by atoms with E-state index >= 15 is 0 Å². The molecule has 4 atom stereocenters. The normalized spacial score (nSPS) is 41.5. The third-order valence-corrected chi connectivity index (χ3v) is 3.31. The molecule has 2 aliphatic heterocycles. The first-order chi connectivity index (χ1) is 7.11. The summed E-state index contributed by atoms with van der Waals surface area (Å²) < 4.78 is 5.47. The predicted molar refractivity (Wildman–Crippen MR) is 48.6 cm³/mol. The fraction of sp³-hybridized carbons (Fsp3) is 0.400. The highest BCUT2D eigenvalue weighted by Gasteiger charge is 2.57. The summed E-state index contributed by atoms with van der Waals surface area (Å²) in [7, 11) is 0. The Morgan fingerprint density at radius 3 is 2.47 bits per heavy atom. The summed E-state index contributed by atoms with van der Waals surface area (Å²) in [5, 5.41) is 8.88. The van der Waals surface area contributed by atoms with Crippen LogP contribution in [0, 0.1) is 11.8 Å². The van der Waals surface area contributed by atoms with E-state index in [9.17, 15) is 9.59 Å². The molecule has 0 radical (unpaired) electrons. The molecule has 1 aliphatic carbocycles. The predicted octanol–water partition coefficient (Wildman–Crippen LogP) is -0.564. The van der Waals surface area contributed by atoms with Crippen LogP contribution in [-0.4, -0.2) is 29.1 Å². The average Bonchev–Trinajstić information content (AvgIpc) is 2.79. The smallest absolute Gasteiger partial charge is 0.341 e. The SMILES string of the molecule is NC1=C(C(=O)O)C(=O)C2C3C=CC(O3)C12. The van der Waals surface area contributed by atoms with Crippen molar-refractivity contribution in [2.24, 2.45) is 17.6 Å². The Morgan fingerprint density at radius 2 is 1.93 bits per heavy atom. The van der Waals surface area contributed by atoms with Crippen LogP contribution in [0.2, 0.25) is 0 Å². The highest BCUT2D eigenvalue weighted by Crippen LogP contribution is 2.47. The first-order valence-electron chi connectivity index (χ1n) is 4.72. The Morgan fingerprint density at radius 1 is 1.33 bits per heavy atom. The van der Waals surface area contributed by atoms with Gasteiger partial charge in [0.15, 0.2) is 5.78 Å². The summed E-state index contributed by atoms with van der Waals surface area (Å²) in [4.78, 5) is 22.7. The van der Waals surface area contributed by atoms with Gasteiger partial charge in [0.05, 0.1) is 18.1 Å². The van der Waals surface area contributed by atoms with Gasteiger partial charge in [0.1, 0.15) is 5.57 Å². The number of carbonyl (C=O) groups is 2. The number of hydrogen-bond donors (Lipinski definition) is 2. The third kappa shape index (κ3) is 0.860. The van der Waals surface area contributed by atoms with Gasteiger partial charge < -0.3 is 15.6 Å². The van der Waals surface area contributed by atoms with Gasteiger partial charge in [-0.1, -0.05) is 12.2 Å². The highest BCUT2D eigenvalue weighted by atomic mass is 16.5. The molecule has 2 bridgehead atoms. The van der Waals surface area contributed by atoms with Crippen LogP contribution in [0.3, 0.4) is 0 Å². The summed E-state index contributed by atoms with van der Waals surface area (Å²) in [6.45, 7) is 0. The minimum atomic E-state index is -1.23. The molecule has 1 saturated heterocycles. The number of nitrogens with two attached hydrogens (primary N) is 1. The summed E-state index contributed by atoms with van der Waals surface area (Å²) >= 11 is 0. The van der Waals surface area contributed by atoms with E-state index in [2.05, 4.69) is 0 Å². The van der Waals surface area contributed by atoms with Crippen molar-refractivity contribution in [2.45, 2.75) is 12.2 Å². The van der Waals surface area contributed by atoms with Crippen LogP contribution in [0.5, 0.6) is 0 Å². The van der Waals surface area contributed by atoms with Gasteiger partial charge in [-0.05, 0) is 0 Å². The van der Waals surface area contributed by atoms with E-state index in [1.54, 1.807) is 0 Å². The number of hydrogen-bond acceptors (Lipinski definition) is 4. The molecule has 5 nitrogen and oxygen atoms in total. The monoisotopic (exact) mass is 207 g/mol. The summed E-state index contributed by atoms with van der Waals surface area (Å²) in [5.74, 6) is -2.29. The Bertz CT molecular complexity index is 437. The van der Waals surface area contributed by atoms with Crippen molar-refractivity contribution in [3.05, 3.63) is 23.4 Å². The molecule has 0 amide bonds. The molecule has 78 valence electrons. The van der Waals surface area contributed by atoms with Gasteiger partial charge in [-0.3, -0.25) is 4.79 Å². The molecule has 0 aromatic heterocycles. The van der Waals surface area contributed by atoms with Crippen LogP contribution in [0.4, 0.5) is 0 Å². The number of ketones is 1. The maximum Gasteiger partial charge on any atom is 0.341 e. The maximum atomic E-state index is 11.8. The molecule has 5 heteroatoms. The van der Waals surface area contributed by atoms with Crippen molar-refractivity contribution >= 4 is 11.8 Å². The van der Waals surface area contributed by atoms with Gasteiger partial charge in [-0.15, -0.1) is 0 Å². The maximum absolute atomic E-state index is 11.8. The number of carboxylic acids is 1. The number of carboxylic acid groups (broad SMARTS) is 1. The van der Waals surface area contributed by atoms with Crippen molar-refractivity contribution < 1.29 is 19.4 Å². The molecular weight excluding hydrogens is 198 g/mol. The number of fused-ring (bicyclic) bond motifs is 5. The van der Waals surface area contributed by atoms with E-state index in [-0.39, 0.29) is 35.2 Å². The molecule has 2 heterocycles. The lowest BCUT2D eigenvalue weighted by Gasteiger charge is -2.16. The molecule has 15 heavy (non-hydrogen) atoms. The topological polar surface area (TPSA) is 89.6 Å². The fourth-order valence-corrected chi connectivity index (χ4v) is 2.70. The highest BCUT2D eigenvalue weighted by molar-refractivity contribution is 6.20. The van der Waals surface area contributed by atoms with Crippen LogP contribution >= 0.6 is 0 Å². The number of Topliss-reactive ketones (excluding diaryl/α,β-unsaturated/α-hetero) is 1. The Hall–Kier alpha value is -1.62. The van der Waals surface area contributed by atoms with Crippen molar-refractivity contribution in [3.8, 4) is 0 Å². The van der Waals surface area contributed by atoms with Crippen LogP contribution in [-0.2, 0) is 14.3 Å². The number of ether oxygens (including phenoxy) is 1. The zero-order chi connectivity index (χ0) is 10.7. The van der Waals surface area contributed by atoms with Gasteiger partial charge in [0, 0.05) is 11.6 Å². The second-order valence-electron chi connectivity index (χ2n) is 4.00. The summed E-state index contributed by atoms with van der Waals surface area (Å²) in [6.07, 6.45) is 3.14. The quantitative estimate of drug-likeness (QED) is 0.444. The van der Waals surface area contributed by atoms with E-state index in [4.69, 9.17) is 15.6 Å². The number of rotatable bonds is 1. The second kappa shape index (κ2) is 2.49. The third-order valence-electron chi connectivity index (χ3n) is 3.31. The van der Waals surface area contributed by atoms with Crippen LogP contribution in [0.25, 0.3) is 0 Å². The molecule has 0 saturated carbocycles. The van der Waals surface area contributed by atoms with Gasteiger partial charge in [0.2, 0.25) is 0 Å². The van der Waals surface area contributed by atoms with Gasteiger partial charge in [-0.25, -0.2) is 4.79 Å². The minimum absolute atomic E-state index is 0.175. The number of carbonyl (C=O) groups excluding carboxylic acids is 1. The van der Waals surface area contributed by atoms with Crippen molar-refractivity contribution in [2.75, 3.05) is 0 Å². The Kier molecular flexibility index (Phi) is 1.44. The van der Waals surface area contributed by atoms with Gasteiger partial charge >= 0.3 is 5.97 Å². The fourth-order valence-electron chi connectivity index (χ4n) is 2.70. The first kappa shape index (κ1) is 8.67. The van der Waals surface area contributed by atoms with Crippen LogP contribution in [0.1, 0.15) is 0 Å². The standard InChI is InChI=1S/C10H9NO4/c11-8-5-3-1-2-4(15-3)6(5)9(12)7(8)10(13)14/h1-6H,11H2,(H,13,14). The Balaban J connectivity index is 2.10. The molecule has 3 rings (SSSR count). The average molecular weight is 207 g/mol. The van der Waals surface area contributed by atoms with E-state index in [0.29, 0.717) is 0 Å². The second-order valence-corrected chi connectivity index (χ2v) is 4.00. The molecule has 0 aromatic carbocycles. The molecule has 4 unspecified atom stereocenters.